The maximum Gasteiger partial charge on any atom is 0.0787 e. The van der Waals surface area contributed by atoms with E-state index in [1.807, 2.05) is 6.92 Å². The standard InChI is InChI=1S/C16H26N2O2/c1-11-8-15-12(9-14(11)17)4-6-16(2,3)18(15)7-5-13(20)10-19/h8-9,13,19-20H,4-7,10,17H2,1-3H3. The third-order valence-corrected chi connectivity index (χ3v) is 4.39. The Balaban J connectivity index is 2.31. The molecule has 112 valence electrons. The number of aliphatic hydroxyl groups is 2. The van der Waals surface area contributed by atoms with Crippen LogP contribution in [0.2, 0.25) is 0 Å². The van der Waals surface area contributed by atoms with Gasteiger partial charge in [0.1, 0.15) is 0 Å². The van der Waals surface area contributed by atoms with E-state index in [1.54, 1.807) is 0 Å². The molecule has 1 unspecified atom stereocenters. The third-order valence-electron chi connectivity index (χ3n) is 4.39. The summed E-state index contributed by atoms with van der Waals surface area (Å²) in [6, 6.07) is 4.23. The molecule has 0 saturated carbocycles. The van der Waals surface area contributed by atoms with Crippen molar-refractivity contribution >= 4 is 11.4 Å². The molecule has 1 heterocycles. The Morgan fingerprint density at radius 2 is 2.10 bits per heavy atom. The van der Waals surface area contributed by atoms with Gasteiger partial charge in [0.05, 0.1) is 12.7 Å². The Labute approximate surface area is 121 Å². The summed E-state index contributed by atoms with van der Waals surface area (Å²) in [5, 5.41) is 18.6. The lowest BCUT2D eigenvalue weighted by atomic mass is 9.85. The second-order valence-corrected chi connectivity index (χ2v) is 6.43. The van der Waals surface area contributed by atoms with Gasteiger partial charge in [-0.15, -0.1) is 0 Å². The van der Waals surface area contributed by atoms with E-state index in [9.17, 15) is 5.11 Å². The van der Waals surface area contributed by atoms with E-state index in [0.29, 0.717) is 6.42 Å². The second-order valence-electron chi connectivity index (χ2n) is 6.43. The summed E-state index contributed by atoms with van der Waals surface area (Å²) in [5.41, 5.74) is 10.5. The predicted octanol–water partition coefficient (Wildman–Crippen LogP) is 1.85. The molecule has 0 saturated heterocycles. The largest absolute Gasteiger partial charge is 0.399 e. The summed E-state index contributed by atoms with van der Waals surface area (Å²) in [7, 11) is 0. The van der Waals surface area contributed by atoms with Crippen molar-refractivity contribution in [3.63, 3.8) is 0 Å². The van der Waals surface area contributed by atoms with Crippen LogP contribution in [-0.2, 0) is 6.42 Å². The molecule has 2 rings (SSSR count). The van der Waals surface area contributed by atoms with Crippen LogP contribution in [0.5, 0.6) is 0 Å². The molecule has 0 radical (unpaired) electrons. The van der Waals surface area contributed by atoms with E-state index < -0.39 is 6.10 Å². The first-order valence-electron chi connectivity index (χ1n) is 7.30. The van der Waals surface area contributed by atoms with Crippen molar-refractivity contribution in [3.05, 3.63) is 23.3 Å². The molecular formula is C16H26N2O2. The molecule has 1 aromatic rings. The Morgan fingerprint density at radius 1 is 1.40 bits per heavy atom. The number of benzene rings is 1. The molecule has 4 heteroatoms. The van der Waals surface area contributed by atoms with E-state index in [0.717, 1.165) is 30.6 Å². The van der Waals surface area contributed by atoms with Crippen LogP contribution in [0.3, 0.4) is 0 Å². The summed E-state index contributed by atoms with van der Waals surface area (Å²) in [4.78, 5) is 2.34. The number of nitrogen functional groups attached to an aromatic ring is 1. The van der Waals surface area contributed by atoms with Gasteiger partial charge < -0.3 is 20.8 Å². The predicted molar refractivity (Wildman–Crippen MR) is 83.0 cm³/mol. The minimum Gasteiger partial charge on any atom is -0.399 e. The van der Waals surface area contributed by atoms with Crippen LogP contribution in [-0.4, -0.2) is 35.0 Å². The number of anilines is 2. The Morgan fingerprint density at radius 3 is 2.75 bits per heavy atom. The molecular weight excluding hydrogens is 252 g/mol. The van der Waals surface area contributed by atoms with E-state index in [1.165, 1.54) is 11.3 Å². The van der Waals surface area contributed by atoms with Gasteiger partial charge in [-0.2, -0.15) is 0 Å². The lowest BCUT2D eigenvalue weighted by molar-refractivity contribution is 0.0885. The van der Waals surface area contributed by atoms with E-state index in [4.69, 9.17) is 10.8 Å². The molecule has 4 nitrogen and oxygen atoms in total. The number of nitrogens with two attached hydrogens (primary N) is 1. The van der Waals surface area contributed by atoms with Crippen molar-refractivity contribution in [3.8, 4) is 0 Å². The van der Waals surface area contributed by atoms with Crippen molar-refractivity contribution in [1.82, 2.24) is 0 Å². The Kier molecular flexibility index (Phi) is 4.25. The molecule has 0 aliphatic carbocycles. The van der Waals surface area contributed by atoms with Gasteiger partial charge in [0.25, 0.3) is 0 Å². The minimum atomic E-state index is -0.647. The highest BCUT2D eigenvalue weighted by atomic mass is 16.3. The zero-order chi connectivity index (χ0) is 14.9. The van der Waals surface area contributed by atoms with Crippen LogP contribution in [0.4, 0.5) is 11.4 Å². The summed E-state index contributed by atoms with van der Waals surface area (Å²) in [6.07, 6.45) is 2.03. The maximum absolute atomic E-state index is 9.61. The highest BCUT2D eigenvalue weighted by Gasteiger charge is 2.32. The topological polar surface area (TPSA) is 69.7 Å². The van der Waals surface area contributed by atoms with Crippen LogP contribution in [0.15, 0.2) is 12.1 Å². The van der Waals surface area contributed by atoms with Gasteiger partial charge in [-0.1, -0.05) is 0 Å². The molecule has 0 bridgehead atoms. The summed E-state index contributed by atoms with van der Waals surface area (Å²) >= 11 is 0. The summed E-state index contributed by atoms with van der Waals surface area (Å²) in [5.74, 6) is 0. The SMILES string of the molecule is Cc1cc2c(cc1N)CCC(C)(C)N2CCC(O)CO. The zero-order valence-corrected chi connectivity index (χ0v) is 12.7. The molecule has 1 aliphatic heterocycles. The van der Waals surface area contributed by atoms with Crippen LogP contribution in [0.25, 0.3) is 0 Å². The van der Waals surface area contributed by atoms with Gasteiger partial charge in [-0.25, -0.2) is 0 Å². The average molecular weight is 278 g/mol. The molecule has 4 N–H and O–H groups in total. The van der Waals surface area contributed by atoms with Crippen molar-refractivity contribution < 1.29 is 10.2 Å². The highest BCUT2D eigenvalue weighted by Crippen LogP contribution is 2.38. The zero-order valence-electron chi connectivity index (χ0n) is 12.7. The number of fused-ring (bicyclic) bond motifs is 1. The van der Waals surface area contributed by atoms with Crippen LogP contribution < -0.4 is 10.6 Å². The smallest absolute Gasteiger partial charge is 0.0787 e. The molecule has 20 heavy (non-hydrogen) atoms. The monoisotopic (exact) mass is 278 g/mol. The Hall–Kier alpha value is -1.26. The fraction of sp³-hybridized carbons (Fsp3) is 0.625. The maximum atomic E-state index is 9.61. The first-order valence-corrected chi connectivity index (χ1v) is 7.30. The highest BCUT2D eigenvalue weighted by molar-refractivity contribution is 5.66. The van der Waals surface area contributed by atoms with Gasteiger partial charge in [0.2, 0.25) is 0 Å². The van der Waals surface area contributed by atoms with Crippen molar-refractivity contribution in [2.24, 2.45) is 0 Å². The number of hydrogen-bond acceptors (Lipinski definition) is 4. The molecule has 0 aromatic heterocycles. The number of rotatable bonds is 4. The lowest BCUT2D eigenvalue weighted by Gasteiger charge is -2.46. The fourth-order valence-electron chi connectivity index (χ4n) is 2.90. The first kappa shape index (κ1) is 15.1. The molecule has 0 spiro atoms. The molecule has 0 amide bonds. The normalized spacial score (nSPS) is 18.8. The number of aryl methyl sites for hydroxylation is 2. The van der Waals surface area contributed by atoms with Crippen LogP contribution >= 0.6 is 0 Å². The van der Waals surface area contributed by atoms with Crippen LogP contribution in [0, 0.1) is 6.92 Å². The summed E-state index contributed by atoms with van der Waals surface area (Å²) < 4.78 is 0. The molecule has 0 fully saturated rings. The van der Waals surface area contributed by atoms with E-state index >= 15 is 0 Å². The average Bonchev–Trinajstić information content (AvgIpc) is 2.39. The lowest BCUT2D eigenvalue weighted by Crippen LogP contribution is -2.48. The van der Waals surface area contributed by atoms with Crippen LogP contribution in [0.1, 0.15) is 37.8 Å². The molecule has 1 aliphatic rings. The quantitative estimate of drug-likeness (QED) is 0.735. The molecule has 1 aromatic carbocycles. The van der Waals surface area contributed by atoms with E-state index in [-0.39, 0.29) is 12.1 Å². The first-order chi connectivity index (χ1) is 9.35. The van der Waals surface area contributed by atoms with E-state index in [2.05, 4.69) is 30.9 Å². The number of aliphatic hydroxyl groups excluding tert-OH is 2. The van der Waals surface area contributed by atoms with Gasteiger partial charge in [-0.05, 0) is 63.3 Å². The van der Waals surface area contributed by atoms with Gasteiger partial charge in [0, 0.05) is 23.5 Å². The van der Waals surface area contributed by atoms with Crippen molar-refractivity contribution in [1.29, 1.82) is 0 Å². The van der Waals surface area contributed by atoms with Gasteiger partial charge in [-0.3, -0.25) is 0 Å². The van der Waals surface area contributed by atoms with Crippen molar-refractivity contribution in [2.45, 2.75) is 51.7 Å². The minimum absolute atomic E-state index is 0.0602. The summed E-state index contributed by atoms with van der Waals surface area (Å²) in [6.45, 7) is 7.05. The second kappa shape index (κ2) is 5.62. The Bertz CT molecular complexity index is 486. The number of nitrogens with zero attached hydrogens (tertiary/aromatic N) is 1. The fourth-order valence-corrected chi connectivity index (χ4v) is 2.90. The third kappa shape index (κ3) is 2.91. The number of hydrogen-bond donors (Lipinski definition) is 3. The van der Waals surface area contributed by atoms with Gasteiger partial charge in [0.15, 0.2) is 0 Å². The van der Waals surface area contributed by atoms with Gasteiger partial charge >= 0.3 is 0 Å². The van der Waals surface area contributed by atoms with Crippen molar-refractivity contribution in [2.75, 3.05) is 23.8 Å². The molecule has 1 atom stereocenters.